The van der Waals surface area contributed by atoms with E-state index in [-0.39, 0.29) is 11.6 Å². The minimum atomic E-state index is -0.850. The number of hydrogen-bond donors (Lipinski definition) is 0. The predicted octanol–water partition coefficient (Wildman–Crippen LogP) is 2.05. The Hall–Kier alpha value is -2.83. The van der Waals surface area contributed by atoms with Crippen LogP contribution in [0, 0.1) is 0 Å². The number of methoxy groups -OCH3 is 1. The molecule has 0 unspecified atom stereocenters. The second kappa shape index (κ2) is 7.38. The van der Waals surface area contributed by atoms with Gasteiger partial charge in [-0.1, -0.05) is 18.2 Å². The number of carbonyl (C=O) groups excluding carboxylic acids is 2. The molecular weight excluding hydrogens is 322 g/mol. The van der Waals surface area contributed by atoms with Crippen LogP contribution in [0.3, 0.4) is 0 Å². The number of hydrogen-bond acceptors (Lipinski definition) is 5. The number of nitrogens with zero attached hydrogens (tertiary/aromatic N) is 3. The third kappa shape index (κ3) is 3.65. The average Bonchev–Trinajstić information content (AvgIpc) is 3.31. The van der Waals surface area contributed by atoms with Gasteiger partial charge in [-0.2, -0.15) is 5.10 Å². The molecule has 1 aliphatic heterocycles. The lowest BCUT2D eigenvalue weighted by atomic mass is 10.3. The summed E-state index contributed by atoms with van der Waals surface area (Å²) in [6.45, 7) is 3.01. The fraction of sp³-hybridized carbons (Fsp3) is 0.389. The molecule has 1 aliphatic rings. The van der Waals surface area contributed by atoms with Crippen molar-refractivity contribution in [1.29, 1.82) is 0 Å². The molecule has 0 bridgehead atoms. The van der Waals surface area contributed by atoms with E-state index in [9.17, 15) is 9.59 Å². The maximum Gasteiger partial charge on any atom is 0.363 e. The summed E-state index contributed by atoms with van der Waals surface area (Å²) in [5.41, 5.74) is 0.841. The van der Waals surface area contributed by atoms with E-state index in [4.69, 9.17) is 9.47 Å². The normalized spacial score (nSPS) is 15.0. The highest BCUT2D eigenvalue weighted by Crippen LogP contribution is 2.21. The zero-order valence-corrected chi connectivity index (χ0v) is 14.3. The van der Waals surface area contributed by atoms with Crippen molar-refractivity contribution in [3.05, 3.63) is 42.2 Å². The van der Waals surface area contributed by atoms with Crippen molar-refractivity contribution < 1.29 is 19.1 Å². The van der Waals surface area contributed by atoms with Crippen LogP contribution in [0.2, 0.25) is 0 Å². The molecule has 0 spiro atoms. The van der Waals surface area contributed by atoms with Crippen molar-refractivity contribution in [3.63, 3.8) is 0 Å². The maximum atomic E-state index is 12.4. The van der Waals surface area contributed by atoms with E-state index in [1.807, 2.05) is 30.3 Å². The Morgan fingerprint density at radius 1 is 1.16 bits per heavy atom. The number of aromatic nitrogens is 2. The quantitative estimate of drug-likeness (QED) is 0.777. The Morgan fingerprint density at radius 2 is 1.84 bits per heavy atom. The van der Waals surface area contributed by atoms with E-state index >= 15 is 0 Å². The fourth-order valence-corrected chi connectivity index (χ4v) is 2.82. The molecule has 1 aromatic carbocycles. The van der Waals surface area contributed by atoms with Gasteiger partial charge in [0.05, 0.1) is 19.0 Å². The molecule has 1 amide bonds. The van der Waals surface area contributed by atoms with E-state index in [0.717, 1.165) is 18.5 Å². The highest BCUT2D eigenvalue weighted by molar-refractivity contribution is 5.93. The summed E-state index contributed by atoms with van der Waals surface area (Å²) in [4.78, 5) is 26.5. The van der Waals surface area contributed by atoms with Gasteiger partial charge in [0.15, 0.2) is 11.9 Å². The topological polar surface area (TPSA) is 73.7 Å². The Balaban J connectivity index is 1.75. The van der Waals surface area contributed by atoms with E-state index in [1.54, 1.807) is 22.7 Å². The van der Waals surface area contributed by atoms with E-state index in [0.29, 0.717) is 18.8 Å². The molecule has 3 rings (SSSR count). The number of benzene rings is 1. The second-order valence-electron chi connectivity index (χ2n) is 5.91. The molecule has 7 nitrogen and oxygen atoms in total. The number of rotatable bonds is 5. The first-order valence-corrected chi connectivity index (χ1v) is 8.29. The highest BCUT2D eigenvalue weighted by atomic mass is 16.6. The van der Waals surface area contributed by atoms with Crippen molar-refractivity contribution in [3.8, 4) is 11.4 Å². The van der Waals surface area contributed by atoms with Gasteiger partial charge in [-0.05, 0) is 31.9 Å². The van der Waals surface area contributed by atoms with Crippen LogP contribution in [0.25, 0.3) is 5.69 Å². The summed E-state index contributed by atoms with van der Waals surface area (Å²) in [5, 5.41) is 4.25. The molecule has 7 heteroatoms. The minimum Gasteiger partial charge on any atom is -0.493 e. The monoisotopic (exact) mass is 343 g/mol. The van der Waals surface area contributed by atoms with Gasteiger partial charge in [-0.25, -0.2) is 9.48 Å². The minimum absolute atomic E-state index is 0.0485. The lowest BCUT2D eigenvalue weighted by Gasteiger charge is -2.20. The third-order valence-electron chi connectivity index (χ3n) is 4.16. The van der Waals surface area contributed by atoms with Gasteiger partial charge >= 0.3 is 5.97 Å². The third-order valence-corrected chi connectivity index (χ3v) is 4.16. The van der Waals surface area contributed by atoms with Crippen LogP contribution in [0.4, 0.5) is 0 Å². The summed E-state index contributed by atoms with van der Waals surface area (Å²) in [7, 11) is 1.46. The van der Waals surface area contributed by atoms with Crippen molar-refractivity contribution >= 4 is 11.9 Å². The summed E-state index contributed by atoms with van der Waals surface area (Å²) >= 11 is 0. The van der Waals surface area contributed by atoms with Crippen molar-refractivity contribution in [2.75, 3.05) is 20.2 Å². The first-order valence-electron chi connectivity index (χ1n) is 8.29. The molecule has 1 saturated heterocycles. The van der Waals surface area contributed by atoms with Gasteiger partial charge < -0.3 is 14.4 Å². The highest BCUT2D eigenvalue weighted by Gasteiger charge is 2.28. The standard InChI is InChI=1S/C18H21N3O4/c1-13(17(22)20-10-6-7-11-20)25-18(23)16-15(24-2)12-21(19-16)14-8-4-3-5-9-14/h3-5,8-9,12-13H,6-7,10-11H2,1-2H3/t13-/m1/s1. The van der Waals surface area contributed by atoms with Crippen LogP contribution in [0.15, 0.2) is 36.5 Å². The van der Waals surface area contributed by atoms with Crippen LogP contribution in [0.1, 0.15) is 30.3 Å². The van der Waals surface area contributed by atoms with Gasteiger partial charge in [0.1, 0.15) is 0 Å². The Morgan fingerprint density at radius 3 is 2.48 bits per heavy atom. The van der Waals surface area contributed by atoms with Gasteiger partial charge in [0.25, 0.3) is 5.91 Å². The molecule has 25 heavy (non-hydrogen) atoms. The smallest absolute Gasteiger partial charge is 0.363 e. The molecule has 0 radical (unpaired) electrons. The summed E-state index contributed by atoms with van der Waals surface area (Å²) in [6, 6.07) is 9.36. The van der Waals surface area contributed by atoms with Crippen molar-refractivity contribution in [1.82, 2.24) is 14.7 Å². The first-order chi connectivity index (χ1) is 12.1. The lowest BCUT2D eigenvalue weighted by Crippen LogP contribution is -2.38. The zero-order chi connectivity index (χ0) is 17.8. The van der Waals surface area contributed by atoms with Crippen LogP contribution in [-0.2, 0) is 9.53 Å². The molecule has 2 aromatic rings. The molecule has 132 valence electrons. The molecule has 2 heterocycles. The Labute approximate surface area is 146 Å². The largest absolute Gasteiger partial charge is 0.493 e. The van der Waals surface area contributed by atoms with E-state index in [1.165, 1.54) is 7.11 Å². The number of ether oxygens (including phenoxy) is 2. The molecule has 0 saturated carbocycles. The second-order valence-corrected chi connectivity index (χ2v) is 5.91. The predicted molar refractivity (Wildman–Crippen MR) is 90.8 cm³/mol. The SMILES string of the molecule is COc1cn(-c2ccccc2)nc1C(=O)O[C@H](C)C(=O)N1CCCC1. The molecule has 1 atom stereocenters. The van der Waals surface area contributed by atoms with Crippen LogP contribution >= 0.6 is 0 Å². The number of esters is 1. The molecule has 1 aromatic heterocycles. The Kier molecular flexibility index (Phi) is 5.02. The van der Waals surface area contributed by atoms with E-state index in [2.05, 4.69) is 5.10 Å². The van der Waals surface area contributed by atoms with Crippen LogP contribution in [-0.4, -0.2) is 52.9 Å². The van der Waals surface area contributed by atoms with Gasteiger partial charge in [0.2, 0.25) is 5.69 Å². The van der Waals surface area contributed by atoms with Crippen molar-refractivity contribution in [2.24, 2.45) is 0 Å². The molecular formula is C18H21N3O4. The fourth-order valence-electron chi connectivity index (χ4n) is 2.82. The zero-order valence-electron chi connectivity index (χ0n) is 14.3. The Bertz CT molecular complexity index is 751. The van der Waals surface area contributed by atoms with Crippen LogP contribution in [0.5, 0.6) is 5.75 Å². The number of para-hydroxylation sites is 1. The molecule has 1 fully saturated rings. The lowest BCUT2D eigenvalue weighted by molar-refractivity contribution is -0.138. The number of amides is 1. The summed E-state index contributed by atoms with van der Waals surface area (Å²) < 4.78 is 12.1. The number of carbonyl (C=O) groups is 2. The summed E-state index contributed by atoms with van der Waals surface area (Å²) in [5.74, 6) is -0.548. The average molecular weight is 343 g/mol. The molecule has 0 N–H and O–H groups in total. The van der Waals surface area contributed by atoms with E-state index < -0.39 is 12.1 Å². The molecule has 0 aliphatic carbocycles. The summed E-state index contributed by atoms with van der Waals surface area (Å²) in [6.07, 6.45) is 2.74. The van der Waals surface area contributed by atoms with Gasteiger partial charge in [0, 0.05) is 13.1 Å². The van der Waals surface area contributed by atoms with Gasteiger partial charge in [-0.3, -0.25) is 4.79 Å². The van der Waals surface area contributed by atoms with Crippen LogP contribution < -0.4 is 4.74 Å². The van der Waals surface area contributed by atoms with Gasteiger partial charge in [-0.15, -0.1) is 0 Å². The first kappa shape index (κ1) is 17.0. The number of likely N-dealkylation sites (tertiary alicyclic amines) is 1. The van der Waals surface area contributed by atoms with Crippen molar-refractivity contribution in [2.45, 2.75) is 25.9 Å². The maximum absolute atomic E-state index is 12.4.